The number of piperidine rings is 1. The zero-order valence-electron chi connectivity index (χ0n) is 21.8. The minimum atomic E-state index is 0.684. The van der Waals surface area contributed by atoms with Crippen molar-refractivity contribution in [2.45, 2.75) is 37.6 Å². The molecular weight excluding hydrogens is 462 g/mol. The number of hydrogen-bond donors (Lipinski definition) is 1. The van der Waals surface area contributed by atoms with Crippen molar-refractivity contribution < 1.29 is 0 Å². The molecule has 5 nitrogen and oxygen atoms in total. The molecule has 0 spiro atoms. The number of allylic oxidation sites excluding steroid dienone is 2. The minimum absolute atomic E-state index is 0.684. The molecule has 2 aromatic rings. The molecule has 0 bridgehead atoms. The molecule has 0 aliphatic carbocycles. The van der Waals surface area contributed by atoms with E-state index >= 15 is 0 Å². The van der Waals surface area contributed by atoms with E-state index in [1.54, 1.807) is 12.2 Å². The van der Waals surface area contributed by atoms with E-state index in [1.807, 2.05) is 6.20 Å². The molecular formula is C30H41N5S. The van der Waals surface area contributed by atoms with Gasteiger partial charge < -0.3 is 15.1 Å². The number of likely N-dealkylation sites (N-methyl/N-ethyl adjacent to an activating group) is 1. The number of nitrogens with zero attached hydrogens (tertiary/aromatic N) is 4. The quantitative estimate of drug-likeness (QED) is 0.568. The molecule has 36 heavy (non-hydrogen) atoms. The first-order valence-corrected chi connectivity index (χ1v) is 14.7. The predicted octanol–water partition coefficient (Wildman–Crippen LogP) is 5.33. The molecule has 3 fully saturated rings. The monoisotopic (exact) mass is 503 g/mol. The number of aryl methyl sites for hydroxylation is 1. The van der Waals surface area contributed by atoms with Crippen molar-refractivity contribution in [3.8, 4) is 0 Å². The second-order valence-corrected chi connectivity index (χ2v) is 11.7. The number of aromatic nitrogens is 1. The molecule has 0 radical (unpaired) electrons. The van der Waals surface area contributed by atoms with Gasteiger partial charge in [0.2, 0.25) is 0 Å². The highest BCUT2D eigenvalue weighted by atomic mass is 32.2. The van der Waals surface area contributed by atoms with Gasteiger partial charge in [0.15, 0.2) is 0 Å². The molecule has 1 aromatic carbocycles. The number of thioether (sulfide) groups is 1. The van der Waals surface area contributed by atoms with Gasteiger partial charge in [-0.05, 0) is 75.0 Å². The Bertz CT molecular complexity index is 1040. The first-order valence-electron chi connectivity index (χ1n) is 13.5. The lowest BCUT2D eigenvalue weighted by Crippen LogP contribution is -2.59. The summed E-state index contributed by atoms with van der Waals surface area (Å²) in [7, 11) is 2.23. The van der Waals surface area contributed by atoms with Gasteiger partial charge in [-0.3, -0.25) is 4.90 Å². The third-order valence-corrected chi connectivity index (χ3v) is 9.09. The van der Waals surface area contributed by atoms with Crippen LogP contribution >= 0.6 is 11.8 Å². The topological polar surface area (TPSA) is 34.6 Å². The van der Waals surface area contributed by atoms with E-state index < -0.39 is 0 Å². The standard InChI is InChI=1S/C26H35N5S.C4H6/c1-29-17-22(18-29)30-10-7-19(8-11-30)21-3-2-20-4-5-23-25(31-12-14-32-15-13-31)6-9-27-26(23)28-24(20)16-21;1-3-4-2/h2-3,6,9,16,19,22H,4-5,7-8,10-15,17-18H2,1H3,(H,27,28);3-4H,1-2H2. The summed E-state index contributed by atoms with van der Waals surface area (Å²) in [6.07, 6.45) is 9.99. The second kappa shape index (κ2) is 11.8. The Kier molecular flexibility index (Phi) is 8.35. The van der Waals surface area contributed by atoms with Crippen LogP contribution in [0.3, 0.4) is 0 Å². The van der Waals surface area contributed by atoms with Crippen molar-refractivity contribution in [1.82, 2.24) is 14.8 Å². The highest BCUT2D eigenvalue weighted by Gasteiger charge is 2.32. The Morgan fingerprint density at radius 2 is 1.75 bits per heavy atom. The summed E-state index contributed by atoms with van der Waals surface area (Å²) in [6.45, 7) is 14.0. The summed E-state index contributed by atoms with van der Waals surface area (Å²) in [4.78, 5) is 12.5. The van der Waals surface area contributed by atoms with E-state index in [1.165, 1.54) is 78.6 Å². The molecule has 4 aliphatic rings. The van der Waals surface area contributed by atoms with Gasteiger partial charge in [0, 0.05) is 66.9 Å². The van der Waals surface area contributed by atoms with Crippen LogP contribution < -0.4 is 10.2 Å². The summed E-state index contributed by atoms with van der Waals surface area (Å²) < 4.78 is 0. The van der Waals surface area contributed by atoms with E-state index in [9.17, 15) is 0 Å². The number of pyridine rings is 1. The van der Waals surface area contributed by atoms with Crippen LogP contribution in [-0.2, 0) is 12.8 Å². The van der Waals surface area contributed by atoms with Gasteiger partial charge in [-0.15, -0.1) is 0 Å². The Morgan fingerprint density at radius 3 is 2.44 bits per heavy atom. The largest absolute Gasteiger partial charge is 0.370 e. The third-order valence-electron chi connectivity index (χ3n) is 8.14. The van der Waals surface area contributed by atoms with Crippen molar-refractivity contribution in [3.05, 3.63) is 72.5 Å². The van der Waals surface area contributed by atoms with Crippen LogP contribution in [-0.4, -0.2) is 78.6 Å². The van der Waals surface area contributed by atoms with Crippen LogP contribution in [0.1, 0.15) is 35.4 Å². The molecule has 6 rings (SSSR count). The molecule has 1 aromatic heterocycles. The molecule has 6 heteroatoms. The Hall–Kier alpha value is -2.28. The number of rotatable bonds is 4. The maximum absolute atomic E-state index is 4.77. The van der Waals surface area contributed by atoms with Crippen LogP contribution in [0.5, 0.6) is 0 Å². The Balaban J connectivity index is 0.000000623. The summed E-state index contributed by atoms with van der Waals surface area (Å²) in [6, 6.07) is 10.3. The zero-order valence-corrected chi connectivity index (χ0v) is 22.6. The summed E-state index contributed by atoms with van der Waals surface area (Å²) >= 11 is 2.07. The zero-order chi connectivity index (χ0) is 24.9. The molecule has 3 saturated heterocycles. The fourth-order valence-electron chi connectivity index (χ4n) is 6.00. The number of likely N-dealkylation sites (tertiary alicyclic amines) is 2. The van der Waals surface area contributed by atoms with Crippen molar-refractivity contribution >= 4 is 29.0 Å². The second-order valence-electron chi connectivity index (χ2n) is 10.5. The first kappa shape index (κ1) is 25.4. The molecule has 0 amide bonds. The van der Waals surface area contributed by atoms with Crippen molar-refractivity contribution in [3.63, 3.8) is 0 Å². The first-order chi connectivity index (χ1) is 17.7. The maximum Gasteiger partial charge on any atom is 0.135 e. The Labute approximate surface area is 221 Å². The van der Waals surface area contributed by atoms with Gasteiger partial charge in [0.1, 0.15) is 5.82 Å². The van der Waals surface area contributed by atoms with E-state index in [-0.39, 0.29) is 0 Å². The summed E-state index contributed by atoms with van der Waals surface area (Å²) in [5, 5.41) is 3.75. The number of fused-ring (bicyclic) bond motifs is 2. The van der Waals surface area contributed by atoms with Gasteiger partial charge in [0.05, 0.1) is 0 Å². The van der Waals surface area contributed by atoms with E-state index in [2.05, 4.69) is 76.2 Å². The minimum Gasteiger partial charge on any atom is -0.370 e. The van der Waals surface area contributed by atoms with Gasteiger partial charge in [0.25, 0.3) is 0 Å². The number of benzene rings is 1. The lowest BCUT2D eigenvalue weighted by molar-refractivity contribution is 0.0363. The number of hydrogen-bond acceptors (Lipinski definition) is 6. The normalized spacial score (nSPS) is 21.1. The number of nitrogens with one attached hydrogen (secondary N) is 1. The molecule has 0 unspecified atom stereocenters. The molecule has 192 valence electrons. The number of anilines is 3. The van der Waals surface area contributed by atoms with Crippen molar-refractivity contribution in [1.29, 1.82) is 0 Å². The maximum atomic E-state index is 4.77. The average Bonchev–Trinajstić information content (AvgIpc) is 3.11. The van der Waals surface area contributed by atoms with E-state index in [0.717, 1.165) is 37.8 Å². The fraction of sp³-hybridized carbons (Fsp3) is 0.500. The highest BCUT2D eigenvalue weighted by Crippen LogP contribution is 2.38. The van der Waals surface area contributed by atoms with Crippen LogP contribution in [0.4, 0.5) is 17.2 Å². The van der Waals surface area contributed by atoms with Crippen LogP contribution in [0.15, 0.2) is 55.8 Å². The third kappa shape index (κ3) is 5.66. The van der Waals surface area contributed by atoms with Gasteiger partial charge in [-0.25, -0.2) is 4.98 Å². The van der Waals surface area contributed by atoms with Crippen LogP contribution in [0.25, 0.3) is 0 Å². The molecule has 5 heterocycles. The molecule has 0 atom stereocenters. The average molecular weight is 504 g/mol. The summed E-state index contributed by atoms with van der Waals surface area (Å²) in [5.74, 6) is 4.21. The fourth-order valence-corrected chi connectivity index (χ4v) is 6.90. The lowest BCUT2D eigenvalue weighted by Gasteiger charge is -2.46. The van der Waals surface area contributed by atoms with Crippen molar-refractivity contribution in [2.75, 3.05) is 68.0 Å². The SMILES string of the molecule is C=CC=C.CN1CC(N2CCC(c3ccc4c(c3)Nc3nccc(N5CCSCC5)c3CC4)CC2)C1. The predicted molar refractivity (Wildman–Crippen MR) is 156 cm³/mol. The van der Waals surface area contributed by atoms with E-state index in [0.29, 0.717) is 5.92 Å². The lowest BCUT2D eigenvalue weighted by atomic mass is 9.87. The van der Waals surface area contributed by atoms with Crippen molar-refractivity contribution in [2.24, 2.45) is 0 Å². The van der Waals surface area contributed by atoms with Gasteiger partial charge in [-0.1, -0.05) is 37.4 Å². The van der Waals surface area contributed by atoms with Gasteiger partial charge in [-0.2, -0.15) is 11.8 Å². The molecule has 0 saturated carbocycles. The molecule has 4 aliphatic heterocycles. The van der Waals surface area contributed by atoms with Crippen LogP contribution in [0.2, 0.25) is 0 Å². The summed E-state index contributed by atoms with van der Waals surface area (Å²) in [5.41, 5.74) is 7.01. The smallest absolute Gasteiger partial charge is 0.135 e. The van der Waals surface area contributed by atoms with Crippen LogP contribution in [0, 0.1) is 0 Å². The highest BCUT2D eigenvalue weighted by molar-refractivity contribution is 7.99. The van der Waals surface area contributed by atoms with E-state index in [4.69, 9.17) is 4.98 Å². The van der Waals surface area contributed by atoms with Gasteiger partial charge >= 0.3 is 0 Å². The molecule has 1 N–H and O–H groups in total. The Morgan fingerprint density at radius 1 is 1.00 bits per heavy atom.